The van der Waals surface area contributed by atoms with Crippen LogP contribution in [0.15, 0.2) is 194 Å². The van der Waals surface area contributed by atoms with E-state index >= 15 is 0 Å². The first kappa shape index (κ1) is 17.6. The predicted octanol–water partition coefficient (Wildman–Crippen LogP) is 10.2. The zero-order valence-electron chi connectivity index (χ0n) is 48.3. The van der Waals surface area contributed by atoms with Gasteiger partial charge >= 0.3 is 0 Å². The molecule has 0 fully saturated rings. The Morgan fingerprint density at radius 1 is 0.340 bits per heavy atom. The van der Waals surface area contributed by atoms with Crippen LogP contribution >= 0.6 is 15.8 Å². The number of hydrogen-bond acceptors (Lipinski definition) is 0. The maximum atomic E-state index is 9.23. The number of aryl methyl sites for hydroxylation is 2. The van der Waals surface area contributed by atoms with Crippen molar-refractivity contribution in [2.45, 2.75) is 19.3 Å². The van der Waals surface area contributed by atoms with E-state index in [1.165, 1.54) is 0 Å². The Labute approximate surface area is 343 Å². The van der Waals surface area contributed by atoms with Crippen molar-refractivity contribution in [3.63, 3.8) is 0 Å². The fourth-order valence-electron chi connectivity index (χ4n) is 7.87. The van der Waals surface area contributed by atoms with Gasteiger partial charge in [0.25, 0.3) is 0 Å². The molecule has 0 atom stereocenters. The quantitative estimate of drug-likeness (QED) is 0.149. The van der Waals surface area contributed by atoms with Crippen molar-refractivity contribution < 1.29 is 27.4 Å². The predicted molar refractivity (Wildman–Crippen MR) is 230 cm³/mol. The van der Waals surface area contributed by atoms with E-state index in [2.05, 4.69) is 0 Å². The lowest BCUT2D eigenvalue weighted by Gasteiger charge is -2.32. The Morgan fingerprint density at radius 3 is 0.943 bits per heavy atom. The molecule has 0 radical (unpaired) electrons. The molecule has 0 saturated carbocycles. The van der Waals surface area contributed by atoms with E-state index in [-0.39, 0.29) is 31.8 Å². The van der Waals surface area contributed by atoms with E-state index in [4.69, 9.17) is 16.4 Å². The molecule has 2 aliphatic rings. The smallest absolute Gasteiger partial charge is 0.0622 e. The zero-order valence-corrected chi connectivity index (χ0v) is 30.1. The summed E-state index contributed by atoms with van der Waals surface area (Å²) in [7, 11) is -5.14. The second-order valence-electron chi connectivity index (χ2n) is 12.9. The first-order valence-corrected chi connectivity index (χ1v) is 19.5. The van der Waals surface area contributed by atoms with E-state index in [9.17, 15) is 11.0 Å². The molecule has 0 saturated heterocycles. The molecule has 0 nitrogen and oxygen atoms in total. The van der Waals surface area contributed by atoms with Crippen LogP contribution in [0.1, 0.15) is 60.8 Å². The highest BCUT2D eigenvalue weighted by Gasteiger charge is 2.52. The molecule has 2 heteroatoms. The largest absolute Gasteiger partial charge is 0.0726 e. The van der Waals surface area contributed by atoms with Crippen molar-refractivity contribution >= 4 is 47.7 Å². The third-order valence-electron chi connectivity index (χ3n) is 9.91. The van der Waals surface area contributed by atoms with E-state index in [0.717, 1.165) is 33.4 Å². The molecule has 0 bridgehead atoms. The summed E-state index contributed by atoms with van der Waals surface area (Å²) in [6.07, 6.45) is 0. The summed E-state index contributed by atoms with van der Waals surface area (Å²) in [4.78, 5) is 0. The lowest BCUT2D eigenvalue weighted by molar-refractivity contribution is 0.793. The highest BCUT2D eigenvalue weighted by molar-refractivity contribution is 7.80. The van der Waals surface area contributed by atoms with Crippen LogP contribution in [-0.2, 0) is 5.41 Å². The highest BCUT2D eigenvalue weighted by Crippen LogP contribution is 2.63. The van der Waals surface area contributed by atoms with Crippen molar-refractivity contribution in [1.29, 1.82) is 0 Å². The van der Waals surface area contributed by atoms with Gasteiger partial charge in [-0.2, -0.15) is 0 Å². The summed E-state index contributed by atoms with van der Waals surface area (Å²) in [5, 5.41) is -0.453. The van der Waals surface area contributed by atoms with Crippen molar-refractivity contribution in [2.75, 3.05) is 0 Å². The van der Waals surface area contributed by atoms with Crippen molar-refractivity contribution in [2.24, 2.45) is 0 Å². The minimum Gasteiger partial charge on any atom is -0.0622 e. The van der Waals surface area contributed by atoms with Crippen LogP contribution in [-0.4, -0.2) is 0 Å². The number of hydrogen-bond donors (Lipinski definition) is 0. The van der Waals surface area contributed by atoms with Gasteiger partial charge in [0.2, 0.25) is 0 Å². The molecule has 10 rings (SSSR count). The van der Waals surface area contributed by atoms with Crippen molar-refractivity contribution in [3.8, 4) is 22.3 Å². The first-order chi connectivity index (χ1) is 34.4. The van der Waals surface area contributed by atoms with Gasteiger partial charge in [-0.25, -0.2) is 0 Å². The topological polar surface area (TPSA) is 0 Å². The molecule has 1 spiro atoms. The zero-order chi connectivity index (χ0) is 52.9. The van der Waals surface area contributed by atoms with Crippen LogP contribution < -0.4 is 31.8 Å². The van der Waals surface area contributed by atoms with Crippen molar-refractivity contribution in [3.05, 3.63) is 227 Å². The van der Waals surface area contributed by atoms with Crippen LogP contribution in [0.3, 0.4) is 0 Å². The lowest BCUT2D eigenvalue weighted by Crippen LogP contribution is -2.29. The van der Waals surface area contributed by atoms with Gasteiger partial charge in [0, 0.05) is 0 Å². The van der Waals surface area contributed by atoms with Gasteiger partial charge in [-0.3, -0.25) is 0 Å². The second-order valence-corrected chi connectivity index (χ2v) is 17.0. The van der Waals surface area contributed by atoms with Crippen LogP contribution in [0.2, 0.25) is 0 Å². The molecule has 0 N–H and O–H groups in total. The van der Waals surface area contributed by atoms with Gasteiger partial charge in [0.15, 0.2) is 0 Å². The monoisotopic (exact) mass is 732 g/mol. The Hall–Kier alpha value is -5.38. The maximum absolute atomic E-state index is 9.23. The summed E-state index contributed by atoms with van der Waals surface area (Å²) in [5.74, 6) is 0. The average Bonchev–Trinajstić information content (AvgIpc) is 3.82. The van der Waals surface area contributed by atoms with Crippen LogP contribution in [0.25, 0.3) is 22.3 Å². The minimum absolute atomic E-state index is 0.256. The number of benzene rings is 8. The fourth-order valence-corrected chi connectivity index (χ4v) is 11.7. The second kappa shape index (κ2) is 12.9. The molecule has 8 aromatic rings. The van der Waals surface area contributed by atoms with Crippen LogP contribution in [0, 0.1) is 13.8 Å². The van der Waals surface area contributed by atoms with Gasteiger partial charge in [-0.1, -0.05) is 193 Å². The molecular weight excluding hydrogens is 675 g/mol. The standard InChI is InChI=1S/C51H38P2/c1-35-23-27-43-44-28-24-36(2)32-48(44)51(47(43)31-35)49-33-41(52(37-15-7-3-8-16-37)38-17-9-4-10-18-38)25-29-45(49)46-30-26-42(34-50(46)51)53(39-19-11-5-12-20-39)40-21-13-6-14-22-40/h3-34H,1-2H3/i3D,4D,5D,6D,7D,8D,9D,10D,11D,12D,13D,14D,15D,16D,17D,18D,19D,20D,21D,22D. The molecule has 8 aromatic carbocycles. The van der Waals surface area contributed by atoms with E-state index < -0.39 is 142 Å². The molecule has 2 aliphatic carbocycles. The van der Waals surface area contributed by atoms with E-state index in [0.29, 0.717) is 22.3 Å². The highest BCUT2D eigenvalue weighted by atomic mass is 31.1. The number of rotatable bonds is 6. The van der Waals surface area contributed by atoms with Crippen LogP contribution in [0.4, 0.5) is 0 Å². The Bertz CT molecular complexity index is 3310. The molecular formula is C51H38P2. The Balaban J connectivity index is 1.36. The normalized spacial score (nSPS) is 18.5. The lowest BCUT2D eigenvalue weighted by atomic mass is 9.70. The molecule has 0 amide bonds. The molecule has 0 unspecified atom stereocenters. The third-order valence-corrected chi connectivity index (χ3v) is 14.2. The number of fused-ring (bicyclic) bond motifs is 10. The van der Waals surface area contributed by atoms with Gasteiger partial charge in [-0.15, -0.1) is 0 Å². The van der Waals surface area contributed by atoms with Crippen LogP contribution in [0.5, 0.6) is 0 Å². The first-order valence-electron chi connectivity index (χ1n) is 26.8. The SMILES string of the molecule is [2H]c1c([2H])c([2H])c(P(c2ccc3c(c2)C2(c4cc(C)ccc4-c4ccc(C)cc42)c2cc(P(c4c([2H])c([2H])c([2H])c([2H])c4[2H])c4c([2H])c([2H])c([2H])c([2H])c4[2H])ccc2-3)c2c([2H])c([2H])c([2H])c([2H])c2[2H])c([2H])c1[2H]. The molecule has 0 aliphatic heterocycles. The van der Waals surface area contributed by atoms with Gasteiger partial charge < -0.3 is 0 Å². The Morgan fingerprint density at radius 2 is 0.623 bits per heavy atom. The molecule has 252 valence electrons. The van der Waals surface area contributed by atoms with Gasteiger partial charge in [0.1, 0.15) is 0 Å². The van der Waals surface area contributed by atoms with Crippen molar-refractivity contribution in [1.82, 2.24) is 0 Å². The van der Waals surface area contributed by atoms with E-state index in [1.54, 1.807) is 36.4 Å². The fraction of sp³-hybridized carbons (Fsp3) is 0.0588. The van der Waals surface area contributed by atoms with Gasteiger partial charge in [0.05, 0.1) is 32.8 Å². The molecule has 53 heavy (non-hydrogen) atoms. The summed E-state index contributed by atoms with van der Waals surface area (Å²) in [5.41, 5.74) is 6.18. The maximum Gasteiger partial charge on any atom is 0.0726 e. The summed E-state index contributed by atoms with van der Waals surface area (Å²) in [6, 6.07) is 9.56. The Kier molecular flexibility index (Phi) is 4.30. The summed E-state index contributed by atoms with van der Waals surface area (Å²) < 4.78 is 177. The average molecular weight is 733 g/mol. The molecule has 0 heterocycles. The van der Waals surface area contributed by atoms with E-state index in [1.807, 2.05) is 50.2 Å². The molecule has 0 aromatic heterocycles. The summed E-state index contributed by atoms with van der Waals surface area (Å²) >= 11 is 0. The van der Waals surface area contributed by atoms with Gasteiger partial charge in [-0.05, 0) is 118 Å². The summed E-state index contributed by atoms with van der Waals surface area (Å²) in [6.45, 7) is 3.86. The minimum atomic E-state index is -2.57. The third kappa shape index (κ3) is 5.12.